The molecular formula is C10H13BrClF3N2O2S. The van der Waals surface area contributed by atoms with Crippen LogP contribution >= 0.6 is 28.3 Å². The molecule has 10 heteroatoms. The van der Waals surface area contributed by atoms with Gasteiger partial charge in [0.05, 0.1) is 10.5 Å². The second-order valence-corrected chi connectivity index (χ2v) is 6.36. The maximum Gasteiger partial charge on any atom is 0.416 e. The molecule has 0 spiro atoms. The van der Waals surface area contributed by atoms with Gasteiger partial charge in [-0.05, 0) is 25.2 Å². The number of nitrogens with one attached hydrogen (secondary N) is 2. The molecule has 0 saturated carbocycles. The molecule has 1 aromatic carbocycles. The van der Waals surface area contributed by atoms with Gasteiger partial charge in [0.2, 0.25) is 10.0 Å². The van der Waals surface area contributed by atoms with Crippen LogP contribution in [0.1, 0.15) is 5.56 Å². The number of alkyl halides is 3. The van der Waals surface area contributed by atoms with Gasteiger partial charge in [0, 0.05) is 17.6 Å². The third-order valence-electron chi connectivity index (χ3n) is 2.18. The van der Waals surface area contributed by atoms with E-state index in [0.29, 0.717) is 12.6 Å². The van der Waals surface area contributed by atoms with Gasteiger partial charge in [-0.25, -0.2) is 13.1 Å². The van der Waals surface area contributed by atoms with Crippen LogP contribution in [0.25, 0.3) is 0 Å². The van der Waals surface area contributed by atoms with Crippen LogP contribution in [0.15, 0.2) is 27.6 Å². The monoisotopic (exact) mass is 396 g/mol. The van der Waals surface area contributed by atoms with Crippen molar-refractivity contribution in [1.82, 2.24) is 10.0 Å². The third-order valence-corrected chi connectivity index (χ3v) is 4.07. The highest BCUT2D eigenvalue weighted by molar-refractivity contribution is 9.10. The van der Waals surface area contributed by atoms with E-state index in [1.54, 1.807) is 7.05 Å². The van der Waals surface area contributed by atoms with Crippen molar-refractivity contribution in [2.45, 2.75) is 11.1 Å². The minimum absolute atomic E-state index is 0. The van der Waals surface area contributed by atoms with Crippen LogP contribution in [-0.2, 0) is 16.2 Å². The van der Waals surface area contributed by atoms with Gasteiger partial charge in [-0.1, -0.05) is 15.9 Å². The molecule has 0 bridgehead atoms. The lowest BCUT2D eigenvalue weighted by molar-refractivity contribution is -0.137. The molecule has 0 fully saturated rings. The Bertz CT molecular complexity index is 552. The van der Waals surface area contributed by atoms with Gasteiger partial charge in [-0.15, -0.1) is 12.4 Å². The Morgan fingerprint density at radius 1 is 1.20 bits per heavy atom. The van der Waals surface area contributed by atoms with Crippen LogP contribution in [0.2, 0.25) is 0 Å². The number of hydrogen-bond acceptors (Lipinski definition) is 3. The summed E-state index contributed by atoms with van der Waals surface area (Å²) in [5, 5.41) is 2.72. The minimum Gasteiger partial charge on any atom is -0.318 e. The van der Waals surface area contributed by atoms with Crippen LogP contribution in [0.4, 0.5) is 13.2 Å². The molecule has 0 radical (unpaired) electrons. The van der Waals surface area contributed by atoms with Crippen LogP contribution < -0.4 is 10.0 Å². The van der Waals surface area contributed by atoms with E-state index in [9.17, 15) is 21.6 Å². The molecule has 0 unspecified atom stereocenters. The van der Waals surface area contributed by atoms with Gasteiger partial charge in [-0.2, -0.15) is 13.2 Å². The zero-order valence-corrected chi connectivity index (χ0v) is 13.5. The molecule has 0 aliphatic rings. The van der Waals surface area contributed by atoms with E-state index in [2.05, 4.69) is 26.0 Å². The molecule has 0 aliphatic carbocycles. The summed E-state index contributed by atoms with van der Waals surface area (Å²) in [6.45, 7) is 0.464. The molecule has 1 aromatic rings. The van der Waals surface area contributed by atoms with Crippen LogP contribution in [0.5, 0.6) is 0 Å². The van der Waals surface area contributed by atoms with E-state index in [1.807, 2.05) is 0 Å². The van der Waals surface area contributed by atoms with Gasteiger partial charge in [-0.3, -0.25) is 0 Å². The lowest BCUT2D eigenvalue weighted by atomic mass is 10.2. The minimum atomic E-state index is -4.60. The van der Waals surface area contributed by atoms with E-state index in [4.69, 9.17) is 0 Å². The number of benzene rings is 1. The smallest absolute Gasteiger partial charge is 0.318 e. The fourth-order valence-corrected chi connectivity index (χ4v) is 3.02. The lowest BCUT2D eigenvalue weighted by Crippen LogP contribution is -2.30. The average Bonchev–Trinajstić information content (AvgIpc) is 2.27. The largest absolute Gasteiger partial charge is 0.416 e. The van der Waals surface area contributed by atoms with Crippen molar-refractivity contribution in [1.29, 1.82) is 0 Å². The average molecular weight is 398 g/mol. The Morgan fingerprint density at radius 2 is 1.80 bits per heavy atom. The number of rotatable bonds is 5. The van der Waals surface area contributed by atoms with Gasteiger partial charge in [0.15, 0.2) is 0 Å². The zero-order valence-electron chi connectivity index (χ0n) is 10.3. The van der Waals surface area contributed by atoms with Crippen molar-refractivity contribution >= 4 is 38.4 Å². The Hall–Kier alpha value is -0.350. The second-order valence-electron chi connectivity index (χ2n) is 3.67. The SMILES string of the molecule is CNCCNS(=O)(=O)c1cc(Br)cc(C(F)(F)F)c1.Cl. The maximum absolute atomic E-state index is 12.6. The Morgan fingerprint density at radius 3 is 2.30 bits per heavy atom. The van der Waals surface area contributed by atoms with Crippen molar-refractivity contribution in [2.75, 3.05) is 20.1 Å². The summed E-state index contributed by atoms with van der Waals surface area (Å²) in [5.74, 6) is 0. The van der Waals surface area contributed by atoms with Gasteiger partial charge in [0.25, 0.3) is 0 Å². The van der Waals surface area contributed by atoms with E-state index in [0.717, 1.165) is 12.1 Å². The predicted molar refractivity (Wildman–Crippen MR) is 75.5 cm³/mol. The van der Waals surface area contributed by atoms with Gasteiger partial charge >= 0.3 is 6.18 Å². The summed E-state index contributed by atoms with van der Waals surface area (Å²) in [5.41, 5.74) is -1.02. The fourth-order valence-electron chi connectivity index (χ4n) is 1.28. The van der Waals surface area contributed by atoms with Crippen molar-refractivity contribution in [3.05, 3.63) is 28.2 Å². The molecular weight excluding hydrogens is 385 g/mol. The van der Waals surface area contributed by atoms with Crippen molar-refractivity contribution in [3.63, 3.8) is 0 Å². The number of halogens is 5. The Kier molecular flexibility index (Phi) is 7.47. The maximum atomic E-state index is 12.6. The fraction of sp³-hybridized carbons (Fsp3) is 0.400. The van der Waals surface area contributed by atoms with E-state index in [-0.39, 0.29) is 23.4 Å². The second kappa shape index (κ2) is 7.60. The molecule has 2 N–H and O–H groups in total. The van der Waals surface area contributed by atoms with Crippen molar-refractivity contribution in [3.8, 4) is 0 Å². The third kappa shape index (κ3) is 5.57. The molecule has 1 rings (SSSR count). The summed E-state index contributed by atoms with van der Waals surface area (Å²) < 4.78 is 63.7. The summed E-state index contributed by atoms with van der Waals surface area (Å²) in [4.78, 5) is -0.426. The molecule has 0 aromatic heterocycles. The number of sulfonamides is 1. The summed E-state index contributed by atoms with van der Waals surface area (Å²) in [6.07, 6.45) is -4.60. The molecule has 20 heavy (non-hydrogen) atoms. The zero-order chi connectivity index (χ0) is 14.7. The first-order valence-electron chi connectivity index (χ1n) is 5.19. The molecule has 0 heterocycles. The number of likely N-dealkylation sites (N-methyl/N-ethyl adjacent to an activating group) is 1. The topological polar surface area (TPSA) is 58.2 Å². The van der Waals surface area contributed by atoms with E-state index < -0.39 is 26.7 Å². The normalized spacial score (nSPS) is 12.1. The molecule has 0 atom stereocenters. The first-order chi connectivity index (χ1) is 8.66. The summed E-state index contributed by atoms with van der Waals surface area (Å²) in [6, 6.07) is 2.55. The number of hydrogen-bond donors (Lipinski definition) is 2. The lowest BCUT2D eigenvalue weighted by Gasteiger charge is -2.11. The standard InChI is InChI=1S/C10H12BrF3N2O2S.ClH/c1-15-2-3-16-19(17,18)9-5-7(10(12,13)14)4-8(11)6-9;/h4-6,15-16H,2-3H2,1H3;1H. The van der Waals surface area contributed by atoms with E-state index >= 15 is 0 Å². The van der Waals surface area contributed by atoms with Crippen LogP contribution in [0, 0.1) is 0 Å². The first kappa shape index (κ1) is 19.7. The highest BCUT2D eigenvalue weighted by Crippen LogP contribution is 2.32. The predicted octanol–water partition coefficient (Wildman–Crippen LogP) is 2.39. The summed E-state index contributed by atoms with van der Waals surface area (Å²) >= 11 is 2.88. The van der Waals surface area contributed by atoms with Gasteiger partial charge in [0.1, 0.15) is 0 Å². The van der Waals surface area contributed by atoms with Crippen molar-refractivity contribution in [2.24, 2.45) is 0 Å². The molecule has 0 aliphatic heterocycles. The van der Waals surface area contributed by atoms with E-state index in [1.165, 1.54) is 0 Å². The first-order valence-corrected chi connectivity index (χ1v) is 7.46. The Labute approximate surface area is 129 Å². The van der Waals surface area contributed by atoms with Crippen LogP contribution in [-0.4, -0.2) is 28.6 Å². The van der Waals surface area contributed by atoms with Crippen molar-refractivity contribution < 1.29 is 21.6 Å². The molecule has 0 amide bonds. The van der Waals surface area contributed by atoms with Gasteiger partial charge < -0.3 is 5.32 Å². The quantitative estimate of drug-likeness (QED) is 0.750. The molecule has 116 valence electrons. The highest BCUT2D eigenvalue weighted by atomic mass is 79.9. The summed E-state index contributed by atoms with van der Waals surface area (Å²) in [7, 11) is -2.32. The Balaban J connectivity index is 0.00000361. The molecule has 0 saturated heterocycles. The highest BCUT2D eigenvalue weighted by Gasteiger charge is 2.32. The van der Waals surface area contributed by atoms with Crippen LogP contribution in [0.3, 0.4) is 0 Å². The molecule has 4 nitrogen and oxygen atoms in total.